The second kappa shape index (κ2) is 8.91. The van der Waals surface area contributed by atoms with E-state index in [2.05, 4.69) is 33.7 Å². The first-order valence-electron chi connectivity index (χ1n) is 10.1. The summed E-state index contributed by atoms with van der Waals surface area (Å²) in [5.41, 5.74) is 2.51. The average Bonchev–Trinajstić information content (AvgIpc) is 3.35. The van der Waals surface area contributed by atoms with Crippen LogP contribution in [0, 0.1) is 0 Å². The zero-order valence-electron chi connectivity index (χ0n) is 17.6. The van der Waals surface area contributed by atoms with E-state index < -0.39 is 16.0 Å². The van der Waals surface area contributed by atoms with Crippen molar-refractivity contribution in [3.63, 3.8) is 0 Å². The van der Waals surface area contributed by atoms with E-state index in [1.165, 1.54) is 11.6 Å². The Labute approximate surface area is 185 Å². The van der Waals surface area contributed by atoms with Crippen LogP contribution in [0.2, 0.25) is 0 Å². The first kappa shape index (κ1) is 21.7. The van der Waals surface area contributed by atoms with Gasteiger partial charge in [0, 0.05) is 11.1 Å². The topological polar surface area (TPSA) is 124 Å². The van der Waals surface area contributed by atoms with Gasteiger partial charge in [-0.1, -0.05) is 55.4 Å². The number of sulfonamides is 1. The first-order chi connectivity index (χ1) is 15.3. The van der Waals surface area contributed by atoms with Crippen LogP contribution in [-0.2, 0) is 26.2 Å². The van der Waals surface area contributed by atoms with Gasteiger partial charge in [-0.3, -0.25) is 14.5 Å². The van der Waals surface area contributed by atoms with Crippen LogP contribution in [0.1, 0.15) is 43.2 Å². The number of fused-ring (bicyclic) bond motifs is 1. The molecule has 0 unspecified atom stereocenters. The number of nitrogens with one attached hydrogen (secondary N) is 1. The normalized spacial score (nSPS) is 15.5. The maximum atomic E-state index is 12.1. The van der Waals surface area contributed by atoms with Crippen molar-refractivity contribution in [2.45, 2.75) is 37.7 Å². The van der Waals surface area contributed by atoms with Crippen molar-refractivity contribution >= 4 is 21.8 Å². The van der Waals surface area contributed by atoms with Crippen LogP contribution in [0.15, 0.2) is 62.9 Å². The van der Waals surface area contributed by atoms with Crippen LogP contribution in [0.5, 0.6) is 0 Å². The van der Waals surface area contributed by atoms with Crippen molar-refractivity contribution in [3.8, 4) is 11.4 Å². The van der Waals surface area contributed by atoms with E-state index in [-0.39, 0.29) is 36.2 Å². The molecule has 0 aliphatic carbocycles. The molecule has 10 heteroatoms. The first-order valence-corrected chi connectivity index (χ1v) is 11.6. The number of rotatable bonds is 7. The molecule has 166 valence electrons. The van der Waals surface area contributed by atoms with Gasteiger partial charge in [-0.2, -0.15) is 4.98 Å². The third-order valence-electron chi connectivity index (χ3n) is 4.91. The highest BCUT2D eigenvalue weighted by molar-refractivity contribution is 7.90. The minimum Gasteiger partial charge on any atom is -0.455 e. The Kier molecular flexibility index (Phi) is 6.04. The maximum Gasteiger partial charge on any atom is 0.308 e. The van der Waals surface area contributed by atoms with Crippen LogP contribution in [0.25, 0.3) is 11.4 Å². The standard InChI is InChI=1S/C22H22N4O5S/c1-14(2)15-7-9-16(10-8-15)21-24-19(31-25-21)13-30-20(27)11-12-23-22-17-5-3-4-6-18(17)32(28,29)26-22/h3-10,14H,11-13H2,1-2H3,(H,23,26). The van der Waals surface area contributed by atoms with E-state index in [4.69, 9.17) is 9.26 Å². The number of carbonyl (C=O) groups is 1. The van der Waals surface area contributed by atoms with Gasteiger partial charge in [0.1, 0.15) is 5.84 Å². The molecule has 0 atom stereocenters. The molecule has 32 heavy (non-hydrogen) atoms. The molecule has 0 spiro atoms. The van der Waals surface area contributed by atoms with E-state index in [1.807, 2.05) is 24.3 Å². The fraction of sp³-hybridized carbons (Fsp3) is 0.273. The van der Waals surface area contributed by atoms with Gasteiger partial charge in [0.05, 0.1) is 17.9 Å². The molecule has 1 aliphatic heterocycles. The molecule has 0 fully saturated rings. The van der Waals surface area contributed by atoms with Gasteiger partial charge in [-0.15, -0.1) is 0 Å². The largest absolute Gasteiger partial charge is 0.455 e. The van der Waals surface area contributed by atoms with Gasteiger partial charge >= 0.3 is 5.97 Å². The Bertz CT molecular complexity index is 1260. The predicted molar refractivity (Wildman–Crippen MR) is 116 cm³/mol. The lowest BCUT2D eigenvalue weighted by Gasteiger charge is -2.04. The third kappa shape index (κ3) is 4.70. The number of hydrogen-bond donors (Lipinski definition) is 1. The minimum absolute atomic E-state index is 0.0228. The lowest BCUT2D eigenvalue weighted by Crippen LogP contribution is -2.22. The SMILES string of the molecule is CC(C)c1ccc(-c2noc(COC(=O)CCN=C3NS(=O)(=O)c4ccccc43)n2)cc1. The van der Waals surface area contributed by atoms with Gasteiger partial charge in [-0.05, 0) is 23.6 Å². The fourth-order valence-electron chi connectivity index (χ4n) is 3.17. The minimum atomic E-state index is -3.60. The number of ether oxygens (including phenoxy) is 1. The summed E-state index contributed by atoms with van der Waals surface area (Å²) in [6, 6.07) is 14.4. The van der Waals surface area contributed by atoms with E-state index in [0.717, 1.165) is 5.56 Å². The van der Waals surface area contributed by atoms with E-state index in [0.29, 0.717) is 17.3 Å². The van der Waals surface area contributed by atoms with Gasteiger partial charge in [-0.25, -0.2) is 8.42 Å². The number of nitrogens with zero attached hydrogens (tertiary/aromatic N) is 3. The monoisotopic (exact) mass is 454 g/mol. The summed E-state index contributed by atoms with van der Waals surface area (Å²) in [4.78, 5) is 20.6. The summed E-state index contributed by atoms with van der Waals surface area (Å²) in [6.07, 6.45) is -0.0228. The Morgan fingerprint density at radius 2 is 1.91 bits per heavy atom. The molecule has 9 nitrogen and oxygen atoms in total. The second-order valence-electron chi connectivity index (χ2n) is 7.53. The molecule has 0 radical (unpaired) electrons. The van der Waals surface area contributed by atoms with Crippen LogP contribution in [0.4, 0.5) is 0 Å². The number of esters is 1. The van der Waals surface area contributed by atoms with Crippen LogP contribution in [-0.4, -0.2) is 36.9 Å². The third-order valence-corrected chi connectivity index (χ3v) is 6.31. The highest BCUT2D eigenvalue weighted by Gasteiger charge is 2.30. The van der Waals surface area contributed by atoms with Crippen LogP contribution >= 0.6 is 0 Å². The molecule has 2 heterocycles. The molecule has 2 aromatic carbocycles. The quantitative estimate of drug-likeness (QED) is 0.544. The smallest absolute Gasteiger partial charge is 0.308 e. The Balaban J connectivity index is 1.29. The van der Waals surface area contributed by atoms with Gasteiger partial charge < -0.3 is 9.26 Å². The van der Waals surface area contributed by atoms with Crippen molar-refractivity contribution in [3.05, 3.63) is 65.5 Å². The lowest BCUT2D eigenvalue weighted by molar-refractivity contribution is -0.145. The summed E-state index contributed by atoms with van der Waals surface area (Å²) in [6.45, 7) is 4.16. The van der Waals surface area contributed by atoms with E-state index >= 15 is 0 Å². The van der Waals surface area contributed by atoms with Crippen LogP contribution in [0.3, 0.4) is 0 Å². The molecular weight excluding hydrogens is 432 g/mol. The summed E-state index contributed by atoms with van der Waals surface area (Å²) in [5, 5.41) is 3.92. The van der Waals surface area contributed by atoms with Crippen molar-refractivity contribution in [2.75, 3.05) is 6.54 Å². The molecule has 3 aromatic rings. The summed E-state index contributed by atoms with van der Waals surface area (Å²) in [7, 11) is -3.60. The van der Waals surface area contributed by atoms with Gasteiger partial charge in [0.25, 0.3) is 15.9 Å². The van der Waals surface area contributed by atoms with Crippen molar-refractivity contribution in [1.82, 2.24) is 14.9 Å². The molecule has 1 N–H and O–H groups in total. The summed E-state index contributed by atoms with van der Waals surface area (Å²) < 4.78 is 36.8. The molecule has 1 aliphatic rings. The Morgan fingerprint density at radius 1 is 1.16 bits per heavy atom. The number of carbonyl (C=O) groups excluding carboxylic acids is 1. The Morgan fingerprint density at radius 3 is 2.66 bits per heavy atom. The number of aliphatic imine (C=N–C) groups is 1. The second-order valence-corrected chi connectivity index (χ2v) is 9.18. The van der Waals surface area contributed by atoms with Gasteiger partial charge in [0.15, 0.2) is 6.61 Å². The number of amidine groups is 1. The number of benzene rings is 2. The summed E-state index contributed by atoms with van der Waals surface area (Å²) >= 11 is 0. The molecule has 0 bridgehead atoms. The van der Waals surface area contributed by atoms with E-state index in [9.17, 15) is 13.2 Å². The fourth-order valence-corrected chi connectivity index (χ4v) is 4.42. The highest BCUT2D eigenvalue weighted by Crippen LogP contribution is 2.22. The van der Waals surface area contributed by atoms with Crippen molar-refractivity contribution in [2.24, 2.45) is 4.99 Å². The van der Waals surface area contributed by atoms with E-state index in [1.54, 1.807) is 18.2 Å². The average molecular weight is 455 g/mol. The molecule has 0 saturated heterocycles. The van der Waals surface area contributed by atoms with Gasteiger partial charge in [0.2, 0.25) is 5.82 Å². The molecule has 0 amide bonds. The summed E-state index contributed by atoms with van der Waals surface area (Å²) in [5.74, 6) is 0.746. The zero-order valence-corrected chi connectivity index (χ0v) is 18.4. The molecular formula is C22H22N4O5S. The lowest BCUT2D eigenvalue weighted by atomic mass is 10.0. The zero-order chi connectivity index (χ0) is 22.7. The van der Waals surface area contributed by atoms with Crippen molar-refractivity contribution < 1.29 is 22.5 Å². The predicted octanol–water partition coefficient (Wildman–Crippen LogP) is 3.03. The molecule has 4 rings (SSSR count). The molecule has 0 saturated carbocycles. The molecule has 1 aromatic heterocycles. The Hall–Kier alpha value is -3.53. The number of hydrogen-bond acceptors (Lipinski definition) is 8. The van der Waals surface area contributed by atoms with Crippen LogP contribution < -0.4 is 4.72 Å². The van der Waals surface area contributed by atoms with Crippen molar-refractivity contribution in [1.29, 1.82) is 0 Å². The maximum absolute atomic E-state index is 12.1. The number of aromatic nitrogens is 2. The highest BCUT2D eigenvalue weighted by atomic mass is 32.2.